The molecule has 2 aromatic heterocycles. The van der Waals surface area contributed by atoms with E-state index in [1.54, 1.807) is 11.3 Å². The fraction of sp³-hybridized carbons (Fsp3) is 0.409. The summed E-state index contributed by atoms with van der Waals surface area (Å²) in [6.07, 6.45) is 0. The molecular weight excluding hydrogens is 434 g/mol. The molecule has 0 fully saturated rings. The molecule has 1 amide bonds. The number of nitrogens with one attached hydrogen (secondary N) is 1. The lowest BCUT2D eigenvalue weighted by molar-refractivity contribution is 0.0942. The van der Waals surface area contributed by atoms with Crippen LogP contribution < -0.4 is 5.32 Å². The Hall–Kier alpha value is -1.63. The third kappa shape index (κ3) is 4.85. The van der Waals surface area contributed by atoms with Crippen LogP contribution in [0.4, 0.5) is 0 Å². The predicted molar refractivity (Wildman–Crippen MR) is 123 cm³/mol. The van der Waals surface area contributed by atoms with E-state index in [0.717, 1.165) is 20.5 Å². The second-order valence-electron chi connectivity index (χ2n) is 8.42. The topological polar surface area (TPSA) is 37.3 Å². The van der Waals surface area contributed by atoms with Gasteiger partial charge in [0.2, 0.25) is 0 Å². The van der Waals surface area contributed by atoms with E-state index in [9.17, 15) is 4.79 Å². The number of thiophene rings is 1. The molecule has 1 aromatic carbocycles. The summed E-state index contributed by atoms with van der Waals surface area (Å²) in [7, 11) is 4.01. The van der Waals surface area contributed by atoms with Crippen LogP contribution in [0.2, 0.25) is 0 Å². The molecule has 0 radical (unpaired) electrons. The van der Waals surface area contributed by atoms with Gasteiger partial charge in [0.1, 0.15) is 5.69 Å². The summed E-state index contributed by atoms with van der Waals surface area (Å²) in [5.41, 5.74) is 4.44. The Morgan fingerprint density at radius 2 is 1.86 bits per heavy atom. The number of nitrogens with zero attached hydrogens (tertiary/aromatic N) is 2. The van der Waals surface area contributed by atoms with Gasteiger partial charge in [-0.2, -0.15) is 0 Å². The van der Waals surface area contributed by atoms with Crippen molar-refractivity contribution in [2.24, 2.45) is 0 Å². The molecule has 3 rings (SSSR count). The van der Waals surface area contributed by atoms with Gasteiger partial charge in [0.05, 0.1) is 14.0 Å². The van der Waals surface area contributed by atoms with Crippen molar-refractivity contribution in [3.8, 4) is 0 Å². The molecule has 0 spiro atoms. The Balaban J connectivity index is 1.89. The van der Waals surface area contributed by atoms with Gasteiger partial charge in [-0.15, -0.1) is 11.3 Å². The molecule has 6 heteroatoms. The molecule has 1 N–H and O–H groups in total. The molecule has 0 aliphatic carbocycles. The second-order valence-corrected chi connectivity index (χ2v) is 10.9. The number of hydrogen-bond donors (Lipinski definition) is 1. The van der Waals surface area contributed by atoms with Crippen LogP contribution in [0.3, 0.4) is 0 Å². The Kier molecular flexibility index (Phi) is 6.32. The first-order chi connectivity index (χ1) is 13.1. The first kappa shape index (κ1) is 21.1. The Labute approximate surface area is 179 Å². The van der Waals surface area contributed by atoms with Gasteiger partial charge in [0, 0.05) is 19.6 Å². The molecule has 0 aliphatic heterocycles. The zero-order valence-corrected chi connectivity index (χ0v) is 19.6. The highest BCUT2D eigenvalue weighted by molar-refractivity contribution is 9.11. The number of carbonyl (C=O) groups excluding carboxylic acids is 1. The van der Waals surface area contributed by atoms with Crippen LogP contribution in [0, 0.1) is 0 Å². The van der Waals surface area contributed by atoms with Crippen LogP contribution in [0.5, 0.6) is 0 Å². The SMILES string of the molecule is CN(C)CCNC(=O)c1cc2sc(Br)cc2n1Cc1ccc(C(C)(C)C)cc1. The van der Waals surface area contributed by atoms with E-state index in [2.05, 4.69) is 81.8 Å². The van der Waals surface area contributed by atoms with Crippen molar-refractivity contribution in [2.45, 2.75) is 32.7 Å². The summed E-state index contributed by atoms with van der Waals surface area (Å²) in [5, 5.41) is 3.04. The Morgan fingerprint density at radius 1 is 1.18 bits per heavy atom. The van der Waals surface area contributed by atoms with Crippen molar-refractivity contribution in [1.29, 1.82) is 0 Å². The van der Waals surface area contributed by atoms with E-state index in [0.29, 0.717) is 18.8 Å². The zero-order valence-electron chi connectivity index (χ0n) is 17.2. The minimum atomic E-state index is -0.0207. The van der Waals surface area contributed by atoms with Gasteiger partial charge >= 0.3 is 0 Å². The second kappa shape index (κ2) is 8.39. The molecule has 0 bridgehead atoms. The van der Waals surface area contributed by atoms with Crippen LogP contribution in [0.1, 0.15) is 42.4 Å². The number of fused-ring (bicyclic) bond motifs is 1. The largest absolute Gasteiger partial charge is 0.349 e. The number of amides is 1. The fourth-order valence-electron chi connectivity index (χ4n) is 3.15. The number of rotatable bonds is 6. The van der Waals surface area contributed by atoms with Crippen molar-refractivity contribution in [1.82, 2.24) is 14.8 Å². The number of halogens is 1. The Morgan fingerprint density at radius 3 is 2.46 bits per heavy atom. The van der Waals surface area contributed by atoms with Gasteiger partial charge in [-0.05, 0) is 58.7 Å². The van der Waals surface area contributed by atoms with Crippen LogP contribution in [-0.2, 0) is 12.0 Å². The minimum Gasteiger partial charge on any atom is -0.349 e. The predicted octanol–water partition coefficient (Wildman–Crippen LogP) is 5.10. The summed E-state index contributed by atoms with van der Waals surface area (Å²) in [5.74, 6) is -0.0207. The monoisotopic (exact) mass is 461 g/mol. The van der Waals surface area contributed by atoms with Gasteiger partial charge in [-0.25, -0.2) is 0 Å². The van der Waals surface area contributed by atoms with E-state index >= 15 is 0 Å². The van der Waals surface area contributed by atoms with Crippen LogP contribution in [-0.4, -0.2) is 42.6 Å². The van der Waals surface area contributed by atoms with Crippen molar-refractivity contribution in [2.75, 3.05) is 27.2 Å². The van der Waals surface area contributed by atoms with E-state index in [-0.39, 0.29) is 11.3 Å². The highest BCUT2D eigenvalue weighted by Crippen LogP contribution is 2.33. The molecule has 2 heterocycles. The zero-order chi connectivity index (χ0) is 20.5. The highest BCUT2D eigenvalue weighted by Gasteiger charge is 2.18. The molecule has 0 aliphatic rings. The lowest BCUT2D eigenvalue weighted by Crippen LogP contribution is -2.32. The molecule has 3 aromatic rings. The maximum absolute atomic E-state index is 12.8. The van der Waals surface area contributed by atoms with Gasteiger partial charge in [0.15, 0.2) is 0 Å². The van der Waals surface area contributed by atoms with Gasteiger partial charge < -0.3 is 14.8 Å². The maximum Gasteiger partial charge on any atom is 0.268 e. The Bertz CT molecular complexity index is 964. The van der Waals surface area contributed by atoms with E-state index in [1.165, 1.54) is 11.1 Å². The average molecular weight is 462 g/mol. The standard InChI is InChI=1S/C22H28BrN3OS/c1-22(2,3)16-8-6-15(7-9-16)14-26-17-13-20(23)28-19(17)12-18(26)21(27)24-10-11-25(4)5/h6-9,12-13H,10-11,14H2,1-5H3,(H,24,27). The lowest BCUT2D eigenvalue weighted by Gasteiger charge is -2.19. The lowest BCUT2D eigenvalue weighted by atomic mass is 9.87. The number of hydrogen-bond acceptors (Lipinski definition) is 3. The normalized spacial score (nSPS) is 12.1. The first-order valence-corrected chi connectivity index (χ1v) is 11.1. The smallest absolute Gasteiger partial charge is 0.268 e. The molecule has 0 atom stereocenters. The maximum atomic E-state index is 12.8. The number of carbonyl (C=O) groups is 1. The van der Waals surface area contributed by atoms with Crippen molar-refractivity contribution in [3.05, 3.63) is 57.0 Å². The number of aromatic nitrogens is 1. The van der Waals surface area contributed by atoms with Crippen molar-refractivity contribution < 1.29 is 4.79 Å². The molecule has 4 nitrogen and oxygen atoms in total. The number of benzene rings is 1. The molecule has 0 unspecified atom stereocenters. The minimum absolute atomic E-state index is 0.0207. The van der Waals surface area contributed by atoms with Gasteiger partial charge in [-0.3, -0.25) is 4.79 Å². The summed E-state index contributed by atoms with van der Waals surface area (Å²) in [6.45, 7) is 8.78. The van der Waals surface area contributed by atoms with E-state index < -0.39 is 0 Å². The molecule has 0 saturated heterocycles. The summed E-state index contributed by atoms with van der Waals surface area (Å²) in [6, 6.07) is 12.8. The molecule has 28 heavy (non-hydrogen) atoms. The van der Waals surface area contributed by atoms with Crippen LogP contribution >= 0.6 is 27.3 Å². The van der Waals surface area contributed by atoms with Crippen LogP contribution in [0.25, 0.3) is 10.2 Å². The number of likely N-dealkylation sites (N-methyl/N-ethyl adjacent to an activating group) is 1. The van der Waals surface area contributed by atoms with E-state index in [1.807, 2.05) is 20.2 Å². The quantitative estimate of drug-likeness (QED) is 0.553. The van der Waals surface area contributed by atoms with Crippen LogP contribution in [0.15, 0.2) is 40.2 Å². The average Bonchev–Trinajstić information content (AvgIpc) is 3.11. The van der Waals surface area contributed by atoms with Crippen molar-refractivity contribution in [3.63, 3.8) is 0 Å². The third-order valence-corrected chi connectivity index (χ3v) is 6.37. The summed E-state index contributed by atoms with van der Waals surface area (Å²) < 4.78 is 4.32. The first-order valence-electron chi connectivity index (χ1n) is 9.46. The molecule has 150 valence electrons. The summed E-state index contributed by atoms with van der Waals surface area (Å²) >= 11 is 5.23. The molecule has 0 saturated carbocycles. The van der Waals surface area contributed by atoms with Gasteiger partial charge in [-0.1, -0.05) is 45.0 Å². The molecular formula is C22H28BrN3OS. The van der Waals surface area contributed by atoms with E-state index in [4.69, 9.17) is 0 Å². The summed E-state index contributed by atoms with van der Waals surface area (Å²) in [4.78, 5) is 14.9. The fourth-order valence-corrected chi connectivity index (χ4v) is 4.71. The van der Waals surface area contributed by atoms with Crippen molar-refractivity contribution >= 4 is 43.4 Å². The highest BCUT2D eigenvalue weighted by atomic mass is 79.9. The third-order valence-electron chi connectivity index (χ3n) is 4.80. The van der Waals surface area contributed by atoms with Gasteiger partial charge in [0.25, 0.3) is 5.91 Å².